The first kappa shape index (κ1) is 16.2. The van der Waals surface area contributed by atoms with Gasteiger partial charge in [-0.3, -0.25) is 9.89 Å². The first-order valence-electron chi connectivity index (χ1n) is 8.19. The fraction of sp³-hybridized carbons (Fsp3) is 0.312. The Morgan fingerprint density at radius 2 is 2.27 bits per heavy atom. The van der Waals surface area contributed by atoms with Gasteiger partial charge in [-0.2, -0.15) is 9.78 Å². The molecule has 3 N–H and O–H groups in total. The Hall–Kier alpha value is -3.27. The summed E-state index contributed by atoms with van der Waals surface area (Å²) in [5.74, 6) is 0.940. The molecular weight excluding hydrogens is 336 g/mol. The molecule has 10 heteroatoms. The molecule has 10 nitrogen and oxygen atoms in total. The molecule has 0 radical (unpaired) electrons. The molecule has 134 valence electrons. The molecule has 2 aromatic heterocycles. The molecule has 0 atom stereocenters. The van der Waals surface area contributed by atoms with Crippen LogP contribution in [0.4, 0.5) is 5.69 Å². The second-order valence-corrected chi connectivity index (χ2v) is 5.93. The smallest absolute Gasteiger partial charge is 0.276 e. The Morgan fingerprint density at radius 3 is 3.04 bits per heavy atom. The molecule has 1 amide bonds. The van der Waals surface area contributed by atoms with Crippen LogP contribution in [-0.4, -0.2) is 50.0 Å². The zero-order chi connectivity index (χ0) is 18.1. The van der Waals surface area contributed by atoms with Gasteiger partial charge < -0.3 is 15.4 Å². The average Bonchev–Trinajstić information content (AvgIpc) is 3.27. The van der Waals surface area contributed by atoms with E-state index in [1.54, 1.807) is 36.9 Å². The Bertz CT molecular complexity index is 961. The van der Waals surface area contributed by atoms with Gasteiger partial charge in [0.1, 0.15) is 11.4 Å². The summed E-state index contributed by atoms with van der Waals surface area (Å²) in [6, 6.07) is 5.28. The van der Waals surface area contributed by atoms with Gasteiger partial charge >= 0.3 is 0 Å². The van der Waals surface area contributed by atoms with Crippen LogP contribution in [0.1, 0.15) is 27.6 Å². The first-order valence-corrected chi connectivity index (χ1v) is 8.19. The summed E-state index contributed by atoms with van der Waals surface area (Å²) in [5, 5.41) is 24.8. The molecule has 0 aliphatic carbocycles. The normalized spacial score (nSPS) is 13.3. The van der Waals surface area contributed by atoms with E-state index in [2.05, 4.69) is 36.4 Å². The van der Waals surface area contributed by atoms with Crippen molar-refractivity contribution in [2.45, 2.75) is 19.9 Å². The lowest BCUT2D eigenvalue weighted by Gasteiger charge is -2.14. The predicted octanol–water partition coefficient (Wildman–Crippen LogP) is 0.600. The Labute approximate surface area is 148 Å². The van der Waals surface area contributed by atoms with Crippen molar-refractivity contribution in [2.75, 3.05) is 19.0 Å². The van der Waals surface area contributed by atoms with Gasteiger partial charge in [-0.25, -0.2) is 0 Å². The van der Waals surface area contributed by atoms with Gasteiger partial charge in [0.2, 0.25) is 0 Å². The molecule has 3 aromatic rings. The van der Waals surface area contributed by atoms with E-state index < -0.39 is 0 Å². The number of aryl methyl sites for hydroxylation is 1. The van der Waals surface area contributed by atoms with Crippen molar-refractivity contribution in [1.29, 1.82) is 0 Å². The summed E-state index contributed by atoms with van der Waals surface area (Å²) in [6.45, 7) is 3.29. The van der Waals surface area contributed by atoms with Crippen LogP contribution >= 0.6 is 0 Å². The van der Waals surface area contributed by atoms with Gasteiger partial charge in [-0.1, -0.05) is 0 Å². The summed E-state index contributed by atoms with van der Waals surface area (Å²) < 4.78 is 6.93. The molecule has 1 aliphatic heterocycles. The Kier molecular flexibility index (Phi) is 4.09. The summed E-state index contributed by atoms with van der Waals surface area (Å²) in [5.41, 5.74) is 3.57. The molecule has 0 fully saturated rings. The molecule has 0 saturated heterocycles. The number of amides is 1. The van der Waals surface area contributed by atoms with E-state index in [0.717, 1.165) is 24.2 Å². The van der Waals surface area contributed by atoms with E-state index in [1.165, 1.54) is 0 Å². The highest BCUT2D eigenvalue weighted by molar-refractivity contribution is 6.04. The predicted molar refractivity (Wildman–Crippen MR) is 92.4 cm³/mol. The van der Waals surface area contributed by atoms with Gasteiger partial charge in [0.15, 0.2) is 11.5 Å². The third-order valence-electron chi connectivity index (χ3n) is 4.31. The molecular formula is C16H18N8O2. The third kappa shape index (κ3) is 2.80. The van der Waals surface area contributed by atoms with Gasteiger partial charge in [0.05, 0.1) is 7.11 Å². The number of H-pyrrole nitrogens is 1. The number of hydrogen-bond donors (Lipinski definition) is 3. The number of nitrogens with zero attached hydrogens (tertiary/aromatic N) is 5. The number of methoxy groups -OCH3 is 1. The minimum Gasteiger partial charge on any atom is -0.494 e. The minimum atomic E-state index is -0.268. The fourth-order valence-corrected chi connectivity index (χ4v) is 2.99. The number of rotatable bonds is 4. The van der Waals surface area contributed by atoms with Gasteiger partial charge in [-0.05, 0) is 35.5 Å². The summed E-state index contributed by atoms with van der Waals surface area (Å²) >= 11 is 0. The number of ether oxygens (including phenoxy) is 1. The van der Waals surface area contributed by atoms with Crippen molar-refractivity contribution < 1.29 is 9.53 Å². The van der Waals surface area contributed by atoms with E-state index in [-0.39, 0.29) is 5.91 Å². The SMILES string of the molecule is COc1ccc(NC(=O)c2n[nH]c3c2CNCC3)cc1-n1nnnc1C. The Morgan fingerprint density at radius 1 is 1.38 bits per heavy atom. The van der Waals surface area contributed by atoms with Gasteiger partial charge in [0, 0.05) is 36.5 Å². The van der Waals surface area contributed by atoms with Crippen molar-refractivity contribution >= 4 is 11.6 Å². The highest BCUT2D eigenvalue weighted by Gasteiger charge is 2.22. The molecule has 1 aliphatic rings. The first-order chi connectivity index (χ1) is 12.7. The van der Waals surface area contributed by atoms with Crippen LogP contribution in [0, 0.1) is 6.92 Å². The van der Waals surface area contributed by atoms with E-state index >= 15 is 0 Å². The van der Waals surface area contributed by atoms with Crippen LogP contribution in [0.15, 0.2) is 18.2 Å². The number of carbonyl (C=O) groups is 1. The van der Waals surface area contributed by atoms with Crippen molar-refractivity contribution in [1.82, 2.24) is 35.7 Å². The number of hydrogen-bond acceptors (Lipinski definition) is 7. The van der Waals surface area contributed by atoms with E-state index in [1.807, 2.05) is 0 Å². The van der Waals surface area contributed by atoms with Crippen molar-refractivity contribution in [3.05, 3.63) is 41.0 Å². The lowest BCUT2D eigenvalue weighted by atomic mass is 10.1. The van der Waals surface area contributed by atoms with Gasteiger partial charge in [-0.15, -0.1) is 5.10 Å². The molecule has 3 heterocycles. The van der Waals surface area contributed by atoms with Crippen LogP contribution in [0.5, 0.6) is 5.75 Å². The van der Waals surface area contributed by atoms with Gasteiger partial charge in [0.25, 0.3) is 5.91 Å². The van der Waals surface area contributed by atoms with Crippen LogP contribution in [0.3, 0.4) is 0 Å². The number of benzene rings is 1. The van der Waals surface area contributed by atoms with Crippen LogP contribution in [-0.2, 0) is 13.0 Å². The van der Waals surface area contributed by atoms with E-state index in [4.69, 9.17) is 4.74 Å². The van der Waals surface area contributed by atoms with Crippen molar-refractivity contribution in [3.8, 4) is 11.4 Å². The highest BCUT2D eigenvalue weighted by Crippen LogP contribution is 2.27. The quantitative estimate of drug-likeness (QED) is 0.627. The molecule has 0 bridgehead atoms. The van der Waals surface area contributed by atoms with Crippen molar-refractivity contribution in [2.24, 2.45) is 0 Å². The number of tetrazole rings is 1. The highest BCUT2D eigenvalue weighted by atomic mass is 16.5. The number of aromatic nitrogens is 6. The maximum atomic E-state index is 12.7. The molecule has 0 unspecified atom stereocenters. The summed E-state index contributed by atoms with van der Waals surface area (Å²) in [6.07, 6.45) is 0.834. The lowest BCUT2D eigenvalue weighted by molar-refractivity contribution is 0.102. The molecule has 1 aromatic carbocycles. The number of anilines is 1. The number of nitrogens with one attached hydrogen (secondary N) is 3. The summed E-state index contributed by atoms with van der Waals surface area (Å²) in [4.78, 5) is 12.7. The zero-order valence-corrected chi connectivity index (χ0v) is 14.4. The second kappa shape index (κ2) is 6.56. The monoisotopic (exact) mass is 354 g/mol. The molecule has 4 rings (SSSR count). The number of carbonyl (C=O) groups excluding carboxylic acids is 1. The lowest BCUT2D eigenvalue weighted by Crippen LogP contribution is -2.25. The maximum absolute atomic E-state index is 12.7. The topological polar surface area (TPSA) is 123 Å². The zero-order valence-electron chi connectivity index (χ0n) is 14.4. The summed E-state index contributed by atoms with van der Waals surface area (Å²) in [7, 11) is 1.57. The van der Waals surface area contributed by atoms with E-state index in [9.17, 15) is 4.79 Å². The number of fused-ring (bicyclic) bond motifs is 1. The average molecular weight is 354 g/mol. The van der Waals surface area contributed by atoms with Crippen LogP contribution in [0.25, 0.3) is 5.69 Å². The number of aromatic amines is 1. The van der Waals surface area contributed by atoms with Crippen LogP contribution < -0.4 is 15.4 Å². The maximum Gasteiger partial charge on any atom is 0.276 e. The minimum absolute atomic E-state index is 0.268. The largest absolute Gasteiger partial charge is 0.494 e. The Balaban J connectivity index is 1.64. The van der Waals surface area contributed by atoms with Crippen molar-refractivity contribution in [3.63, 3.8) is 0 Å². The van der Waals surface area contributed by atoms with E-state index in [0.29, 0.717) is 35.2 Å². The third-order valence-corrected chi connectivity index (χ3v) is 4.31. The molecule has 0 saturated carbocycles. The molecule has 26 heavy (non-hydrogen) atoms. The standard InChI is InChI=1S/C16H18N8O2/c1-9-19-22-23-24(9)13-7-10(3-4-14(13)26-2)18-16(25)15-11-8-17-6-5-12(11)20-21-15/h3-4,7,17H,5-6,8H2,1-2H3,(H,18,25)(H,20,21). The van der Waals surface area contributed by atoms with Crippen LogP contribution in [0.2, 0.25) is 0 Å². The molecule has 0 spiro atoms. The second-order valence-electron chi connectivity index (χ2n) is 5.93. The fourth-order valence-electron chi connectivity index (χ4n) is 2.99.